The maximum atomic E-state index is 13.5. The molecule has 8 nitrogen and oxygen atoms in total. The highest BCUT2D eigenvalue weighted by molar-refractivity contribution is 7.90. The Morgan fingerprint density at radius 1 is 0.853 bits per heavy atom. The molecule has 4 aromatic rings. The lowest BCUT2D eigenvalue weighted by molar-refractivity contribution is -0.136. The largest absolute Gasteiger partial charge is 0.497 e. The molecule has 1 N–H and O–H groups in total. The summed E-state index contributed by atoms with van der Waals surface area (Å²) in [4.78, 5) is 11.2. The Morgan fingerprint density at radius 2 is 1.41 bits per heavy atom. The Labute approximate surface area is 197 Å². The van der Waals surface area contributed by atoms with E-state index in [0.717, 1.165) is 0 Å². The number of nitrogens with zero attached hydrogens (tertiary/aromatic N) is 1. The number of methoxy groups -OCH3 is 2. The van der Waals surface area contributed by atoms with Gasteiger partial charge >= 0.3 is 5.97 Å². The van der Waals surface area contributed by atoms with Crippen molar-refractivity contribution in [1.29, 1.82) is 0 Å². The molecule has 176 valence electrons. The van der Waals surface area contributed by atoms with E-state index in [0.29, 0.717) is 39.5 Å². The number of aryl methyl sites for hydroxylation is 1. The zero-order valence-electron chi connectivity index (χ0n) is 18.6. The van der Waals surface area contributed by atoms with Crippen LogP contribution in [0.4, 0.5) is 0 Å². The number of carboxylic acids is 1. The molecule has 0 spiro atoms. The predicted octanol–water partition coefficient (Wildman–Crippen LogP) is 4.71. The normalized spacial score (nSPS) is 11.4. The van der Waals surface area contributed by atoms with Crippen molar-refractivity contribution in [3.63, 3.8) is 0 Å². The summed E-state index contributed by atoms with van der Waals surface area (Å²) >= 11 is 0. The van der Waals surface area contributed by atoms with E-state index in [1.807, 2.05) is 0 Å². The molecule has 34 heavy (non-hydrogen) atoms. The molecular weight excluding hydrogens is 458 g/mol. The van der Waals surface area contributed by atoms with Crippen LogP contribution in [-0.4, -0.2) is 37.7 Å². The number of fused-ring (bicyclic) bond motifs is 1. The average molecular weight is 482 g/mol. The predicted molar refractivity (Wildman–Crippen MR) is 127 cm³/mol. The van der Waals surface area contributed by atoms with Crippen LogP contribution in [-0.2, 0) is 21.2 Å². The van der Waals surface area contributed by atoms with Crippen LogP contribution in [0.1, 0.15) is 12.0 Å². The third-order valence-corrected chi connectivity index (χ3v) is 7.03. The molecule has 0 saturated heterocycles. The molecule has 0 aliphatic rings. The molecule has 0 bridgehead atoms. The Bertz CT molecular complexity index is 1420. The van der Waals surface area contributed by atoms with Gasteiger partial charge in [0.2, 0.25) is 0 Å². The van der Waals surface area contributed by atoms with E-state index in [1.54, 1.807) is 61.7 Å². The lowest BCUT2D eigenvalue weighted by atomic mass is 10.1. The topological polar surface area (TPSA) is 104 Å². The first-order valence-corrected chi connectivity index (χ1v) is 11.8. The number of hydrogen-bond acceptors (Lipinski definition) is 6. The minimum atomic E-state index is -3.95. The van der Waals surface area contributed by atoms with Gasteiger partial charge < -0.3 is 19.3 Å². The molecule has 9 heteroatoms. The van der Waals surface area contributed by atoms with Crippen molar-refractivity contribution in [3.8, 4) is 23.0 Å². The Balaban J connectivity index is 1.66. The van der Waals surface area contributed by atoms with Gasteiger partial charge in [0, 0.05) is 18.0 Å². The summed E-state index contributed by atoms with van der Waals surface area (Å²) in [5.74, 6) is 1.37. The third kappa shape index (κ3) is 4.69. The monoisotopic (exact) mass is 481 g/mol. The molecule has 0 saturated carbocycles. The van der Waals surface area contributed by atoms with E-state index in [4.69, 9.17) is 19.3 Å². The van der Waals surface area contributed by atoms with Crippen LogP contribution in [0.3, 0.4) is 0 Å². The van der Waals surface area contributed by atoms with E-state index < -0.39 is 16.0 Å². The van der Waals surface area contributed by atoms with Crippen LogP contribution in [0, 0.1) is 0 Å². The lowest BCUT2D eigenvalue weighted by Crippen LogP contribution is -2.11. The first-order chi connectivity index (χ1) is 16.3. The summed E-state index contributed by atoms with van der Waals surface area (Å²) in [7, 11) is -0.852. The summed E-state index contributed by atoms with van der Waals surface area (Å²) in [6, 6.07) is 18.2. The van der Waals surface area contributed by atoms with Gasteiger partial charge in [0.15, 0.2) is 0 Å². The minimum absolute atomic E-state index is 0.0760. The summed E-state index contributed by atoms with van der Waals surface area (Å²) in [5, 5.41) is 9.71. The third-order valence-electron chi connectivity index (χ3n) is 5.34. The van der Waals surface area contributed by atoms with Crippen molar-refractivity contribution in [1.82, 2.24) is 3.97 Å². The van der Waals surface area contributed by atoms with Crippen molar-refractivity contribution in [2.45, 2.75) is 17.7 Å². The zero-order valence-corrected chi connectivity index (χ0v) is 19.4. The summed E-state index contributed by atoms with van der Waals surface area (Å²) in [6.07, 6.45) is 1.55. The van der Waals surface area contributed by atoms with Gasteiger partial charge in [-0.05, 0) is 78.7 Å². The van der Waals surface area contributed by atoms with Crippen LogP contribution in [0.15, 0.2) is 77.8 Å². The number of benzene rings is 3. The molecular formula is C25H23NO7S. The summed E-state index contributed by atoms with van der Waals surface area (Å²) < 4.78 is 44.3. The standard InChI is InChI=1S/C25H23NO7S/c1-31-18-4-6-19(7-5-18)33-20-8-11-22(12-9-20)34(29,30)26-16-17(3-14-25(27)28)23-15-21(32-2)10-13-24(23)26/h4-13,15-16H,3,14H2,1-2H3,(H,27,28). The van der Waals surface area contributed by atoms with Crippen LogP contribution in [0.25, 0.3) is 10.9 Å². The minimum Gasteiger partial charge on any atom is -0.497 e. The highest BCUT2D eigenvalue weighted by Crippen LogP contribution is 2.31. The van der Waals surface area contributed by atoms with E-state index in [2.05, 4.69) is 0 Å². The van der Waals surface area contributed by atoms with Gasteiger partial charge in [0.1, 0.15) is 23.0 Å². The molecule has 0 atom stereocenters. The zero-order chi connectivity index (χ0) is 24.3. The van der Waals surface area contributed by atoms with Crippen LogP contribution in [0.5, 0.6) is 23.0 Å². The number of carboxylic acid groups (broad SMARTS) is 1. The second kappa shape index (κ2) is 9.48. The fourth-order valence-electron chi connectivity index (χ4n) is 3.58. The van der Waals surface area contributed by atoms with E-state index in [-0.39, 0.29) is 17.7 Å². The van der Waals surface area contributed by atoms with E-state index in [9.17, 15) is 13.2 Å². The SMILES string of the molecule is COc1ccc(Oc2ccc(S(=O)(=O)n3cc(CCC(=O)O)c4cc(OC)ccc43)cc2)cc1. The van der Waals surface area contributed by atoms with Gasteiger partial charge in [-0.1, -0.05) is 0 Å². The number of aliphatic carboxylic acids is 1. The van der Waals surface area contributed by atoms with Gasteiger partial charge in [-0.15, -0.1) is 0 Å². The quantitative estimate of drug-likeness (QED) is 0.369. The smallest absolute Gasteiger partial charge is 0.303 e. The van der Waals surface area contributed by atoms with Gasteiger partial charge in [-0.3, -0.25) is 4.79 Å². The van der Waals surface area contributed by atoms with Crippen molar-refractivity contribution < 1.29 is 32.5 Å². The van der Waals surface area contributed by atoms with Crippen LogP contribution in [0.2, 0.25) is 0 Å². The molecule has 0 fully saturated rings. The first-order valence-electron chi connectivity index (χ1n) is 10.4. The number of rotatable bonds is 9. The van der Waals surface area contributed by atoms with Gasteiger partial charge in [-0.2, -0.15) is 0 Å². The molecule has 0 radical (unpaired) electrons. The maximum absolute atomic E-state index is 13.5. The van der Waals surface area contributed by atoms with E-state index in [1.165, 1.54) is 29.4 Å². The van der Waals surface area contributed by atoms with Crippen molar-refractivity contribution in [3.05, 3.63) is 78.5 Å². The van der Waals surface area contributed by atoms with Crippen LogP contribution < -0.4 is 14.2 Å². The first kappa shape index (κ1) is 23.2. The van der Waals surface area contributed by atoms with Crippen molar-refractivity contribution in [2.75, 3.05) is 14.2 Å². The van der Waals surface area contributed by atoms with Crippen LogP contribution >= 0.6 is 0 Å². The number of hydrogen-bond donors (Lipinski definition) is 1. The fraction of sp³-hybridized carbons (Fsp3) is 0.160. The summed E-state index contributed by atoms with van der Waals surface area (Å²) in [5.41, 5.74) is 1.05. The van der Waals surface area contributed by atoms with Gasteiger partial charge in [0.25, 0.3) is 10.0 Å². The Hall–Kier alpha value is -3.98. The molecule has 0 aliphatic heterocycles. The van der Waals surface area contributed by atoms with Gasteiger partial charge in [0.05, 0.1) is 24.6 Å². The second-order valence-electron chi connectivity index (χ2n) is 7.48. The molecule has 0 amide bonds. The van der Waals surface area contributed by atoms with Crippen molar-refractivity contribution >= 4 is 26.9 Å². The number of carbonyl (C=O) groups is 1. The second-order valence-corrected chi connectivity index (χ2v) is 9.30. The van der Waals surface area contributed by atoms with E-state index >= 15 is 0 Å². The fourth-order valence-corrected chi connectivity index (χ4v) is 4.98. The Morgan fingerprint density at radius 3 is 2.00 bits per heavy atom. The molecule has 4 rings (SSSR count). The highest BCUT2D eigenvalue weighted by Gasteiger charge is 2.22. The van der Waals surface area contributed by atoms with Gasteiger partial charge in [-0.25, -0.2) is 12.4 Å². The number of aromatic nitrogens is 1. The summed E-state index contributed by atoms with van der Waals surface area (Å²) in [6.45, 7) is 0. The molecule has 1 aromatic heterocycles. The van der Waals surface area contributed by atoms with Crippen molar-refractivity contribution in [2.24, 2.45) is 0 Å². The Kier molecular flexibility index (Phi) is 6.47. The molecule has 3 aromatic carbocycles. The molecule has 0 aliphatic carbocycles. The average Bonchev–Trinajstić information content (AvgIpc) is 3.22. The lowest BCUT2D eigenvalue weighted by Gasteiger charge is -2.10. The molecule has 0 unspecified atom stereocenters. The number of ether oxygens (including phenoxy) is 3. The maximum Gasteiger partial charge on any atom is 0.303 e. The molecule has 1 heterocycles. The highest BCUT2D eigenvalue weighted by atomic mass is 32.2.